The molecule has 1 unspecified atom stereocenters. The summed E-state index contributed by atoms with van der Waals surface area (Å²) >= 11 is 0. The van der Waals surface area contributed by atoms with Crippen LogP contribution in [0.5, 0.6) is 0 Å². The number of rotatable bonds is 2. The molecule has 21 heavy (non-hydrogen) atoms. The summed E-state index contributed by atoms with van der Waals surface area (Å²) < 4.78 is 0. The third-order valence-corrected chi connectivity index (χ3v) is 3.22. The molecule has 0 fully saturated rings. The lowest BCUT2D eigenvalue weighted by molar-refractivity contribution is 0.142. The van der Waals surface area contributed by atoms with Gasteiger partial charge in [0, 0.05) is 11.3 Å². The molecule has 3 rings (SSSR count). The third-order valence-electron chi connectivity index (χ3n) is 3.22. The zero-order valence-corrected chi connectivity index (χ0v) is 11.1. The van der Waals surface area contributed by atoms with Crippen molar-refractivity contribution in [3.8, 4) is 0 Å². The number of hydrogen-bond donors (Lipinski definition) is 3. The minimum atomic E-state index is -1.39. The highest BCUT2D eigenvalue weighted by Gasteiger charge is 2.32. The largest absolute Gasteiger partial charge is 0.504 e. The molecule has 0 radical (unpaired) electrons. The molecule has 0 saturated carbocycles. The Balaban J connectivity index is 2.15. The molecule has 3 N–H and O–H groups in total. The molecule has 1 aliphatic heterocycles. The summed E-state index contributed by atoms with van der Waals surface area (Å²) in [6.07, 6.45) is -1.39. The fourth-order valence-electron chi connectivity index (χ4n) is 2.21. The Kier molecular flexibility index (Phi) is 3.33. The Morgan fingerprint density at radius 3 is 2.05 bits per heavy atom. The SMILES string of the molecule is OC1=C(O)C(O)N(c2ccccc2)C(c2ccccc2)=N1. The molecule has 1 aliphatic rings. The summed E-state index contributed by atoms with van der Waals surface area (Å²) in [5, 5.41) is 29.7. The summed E-state index contributed by atoms with van der Waals surface area (Å²) in [4.78, 5) is 5.47. The van der Waals surface area contributed by atoms with Gasteiger partial charge in [-0.2, -0.15) is 4.99 Å². The molecule has 0 bridgehead atoms. The number of nitrogens with zero attached hydrogens (tertiary/aromatic N) is 2. The minimum Gasteiger partial charge on any atom is -0.504 e. The topological polar surface area (TPSA) is 76.3 Å². The van der Waals surface area contributed by atoms with Gasteiger partial charge in [0.2, 0.25) is 5.76 Å². The summed E-state index contributed by atoms with van der Waals surface area (Å²) in [6, 6.07) is 18.2. The summed E-state index contributed by atoms with van der Waals surface area (Å²) in [6.45, 7) is 0. The maximum atomic E-state index is 10.3. The molecular formula is C16H14N2O3. The zero-order valence-electron chi connectivity index (χ0n) is 11.1. The fraction of sp³-hybridized carbons (Fsp3) is 0.0625. The van der Waals surface area contributed by atoms with Gasteiger partial charge in [0.05, 0.1) is 0 Å². The van der Waals surface area contributed by atoms with Gasteiger partial charge in [0.1, 0.15) is 5.84 Å². The molecule has 5 heteroatoms. The van der Waals surface area contributed by atoms with Crippen molar-refractivity contribution < 1.29 is 15.3 Å². The van der Waals surface area contributed by atoms with Crippen molar-refractivity contribution in [2.24, 2.45) is 4.99 Å². The van der Waals surface area contributed by atoms with Gasteiger partial charge in [-0.05, 0) is 12.1 Å². The van der Waals surface area contributed by atoms with Crippen LogP contribution in [0.1, 0.15) is 5.56 Å². The maximum Gasteiger partial charge on any atom is 0.256 e. The molecule has 1 atom stereocenters. The Hall–Kier alpha value is -2.79. The van der Waals surface area contributed by atoms with Crippen LogP contribution in [0, 0.1) is 0 Å². The standard InChI is InChI=1S/C16H14N2O3/c19-13-15(20)17-14(11-7-3-1-4-8-11)18(16(13)21)12-9-5-2-6-10-12/h1-10,16,19-21H. The zero-order chi connectivity index (χ0) is 14.8. The molecule has 1 heterocycles. The lowest BCUT2D eigenvalue weighted by atomic mass is 10.1. The summed E-state index contributed by atoms with van der Waals surface area (Å²) in [7, 11) is 0. The Labute approximate surface area is 121 Å². The van der Waals surface area contributed by atoms with Gasteiger partial charge in [0.25, 0.3) is 5.88 Å². The van der Waals surface area contributed by atoms with Crippen molar-refractivity contribution in [2.45, 2.75) is 6.23 Å². The highest BCUT2D eigenvalue weighted by Crippen LogP contribution is 2.27. The van der Waals surface area contributed by atoms with E-state index >= 15 is 0 Å². The number of anilines is 1. The molecular weight excluding hydrogens is 268 g/mol. The molecule has 2 aromatic carbocycles. The van der Waals surface area contributed by atoms with Crippen LogP contribution >= 0.6 is 0 Å². The average molecular weight is 282 g/mol. The first-order valence-electron chi connectivity index (χ1n) is 6.47. The first-order chi connectivity index (χ1) is 10.2. The van der Waals surface area contributed by atoms with Gasteiger partial charge in [-0.3, -0.25) is 4.90 Å². The van der Waals surface area contributed by atoms with Gasteiger partial charge in [-0.25, -0.2) is 0 Å². The van der Waals surface area contributed by atoms with Crippen LogP contribution in [-0.4, -0.2) is 27.4 Å². The van der Waals surface area contributed by atoms with E-state index in [1.807, 2.05) is 48.5 Å². The Morgan fingerprint density at radius 1 is 0.857 bits per heavy atom. The van der Waals surface area contributed by atoms with Gasteiger partial charge < -0.3 is 15.3 Å². The lowest BCUT2D eigenvalue weighted by Gasteiger charge is -2.33. The molecule has 5 nitrogen and oxygen atoms in total. The van der Waals surface area contributed by atoms with E-state index in [-0.39, 0.29) is 0 Å². The number of benzene rings is 2. The van der Waals surface area contributed by atoms with Crippen LogP contribution in [0.3, 0.4) is 0 Å². The molecule has 0 aromatic heterocycles. The Bertz CT molecular complexity index is 696. The molecule has 0 spiro atoms. The summed E-state index contributed by atoms with van der Waals surface area (Å²) in [5.41, 5.74) is 1.38. The molecule has 106 valence electrons. The highest BCUT2D eigenvalue weighted by molar-refractivity contribution is 6.11. The predicted molar refractivity (Wildman–Crippen MR) is 80.2 cm³/mol. The molecule has 0 saturated heterocycles. The number of hydrogen-bond acceptors (Lipinski definition) is 5. The molecule has 2 aromatic rings. The van der Waals surface area contributed by atoms with Gasteiger partial charge >= 0.3 is 0 Å². The van der Waals surface area contributed by atoms with E-state index in [1.54, 1.807) is 12.1 Å². The fourth-order valence-corrected chi connectivity index (χ4v) is 2.21. The van der Waals surface area contributed by atoms with Crippen molar-refractivity contribution in [3.05, 3.63) is 77.9 Å². The smallest absolute Gasteiger partial charge is 0.256 e. The van der Waals surface area contributed by atoms with Gasteiger partial charge in [-0.1, -0.05) is 48.5 Å². The first kappa shape index (κ1) is 13.2. The van der Waals surface area contributed by atoms with Crippen molar-refractivity contribution in [2.75, 3.05) is 4.90 Å². The van der Waals surface area contributed by atoms with Crippen molar-refractivity contribution in [1.82, 2.24) is 0 Å². The van der Waals surface area contributed by atoms with Crippen LogP contribution in [-0.2, 0) is 0 Å². The van der Waals surface area contributed by atoms with E-state index in [1.165, 1.54) is 4.90 Å². The van der Waals surface area contributed by atoms with E-state index in [0.29, 0.717) is 11.5 Å². The minimum absolute atomic E-state index is 0.365. The van der Waals surface area contributed by atoms with Crippen LogP contribution in [0.25, 0.3) is 0 Å². The number of aliphatic hydroxyl groups excluding tert-OH is 3. The number of aliphatic hydroxyl groups is 3. The van der Waals surface area contributed by atoms with Crippen LogP contribution in [0.2, 0.25) is 0 Å². The quantitative estimate of drug-likeness (QED) is 0.791. The lowest BCUT2D eigenvalue weighted by Crippen LogP contribution is -2.45. The normalized spacial score (nSPS) is 18.6. The predicted octanol–water partition coefficient (Wildman–Crippen LogP) is 2.56. The highest BCUT2D eigenvalue weighted by atomic mass is 16.4. The monoisotopic (exact) mass is 282 g/mol. The third kappa shape index (κ3) is 2.34. The average Bonchev–Trinajstić information content (AvgIpc) is 2.54. The van der Waals surface area contributed by atoms with Crippen LogP contribution < -0.4 is 4.90 Å². The first-order valence-corrected chi connectivity index (χ1v) is 6.47. The molecule has 0 amide bonds. The second-order valence-electron chi connectivity index (χ2n) is 4.59. The number of amidine groups is 1. The second-order valence-corrected chi connectivity index (χ2v) is 4.59. The van der Waals surface area contributed by atoms with Gasteiger partial charge in [-0.15, -0.1) is 0 Å². The number of aliphatic imine (C=N–C) groups is 1. The second kappa shape index (κ2) is 5.30. The van der Waals surface area contributed by atoms with Crippen LogP contribution in [0.15, 0.2) is 77.3 Å². The van der Waals surface area contributed by atoms with E-state index in [4.69, 9.17) is 0 Å². The van der Waals surface area contributed by atoms with E-state index in [0.717, 1.165) is 5.56 Å². The van der Waals surface area contributed by atoms with E-state index < -0.39 is 17.9 Å². The van der Waals surface area contributed by atoms with E-state index in [2.05, 4.69) is 4.99 Å². The summed E-state index contributed by atoms with van der Waals surface area (Å²) in [5.74, 6) is -0.781. The van der Waals surface area contributed by atoms with Gasteiger partial charge in [0.15, 0.2) is 6.23 Å². The van der Waals surface area contributed by atoms with Crippen LogP contribution in [0.4, 0.5) is 5.69 Å². The maximum absolute atomic E-state index is 10.3. The van der Waals surface area contributed by atoms with Crippen molar-refractivity contribution in [3.63, 3.8) is 0 Å². The molecule has 0 aliphatic carbocycles. The van der Waals surface area contributed by atoms with Crippen molar-refractivity contribution in [1.29, 1.82) is 0 Å². The Morgan fingerprint density at radius 2 is 1.43 bits per heavy atom. The van der Waals surface area contributed by atoms with Crippen molar-refractivity contribution >= 4 is 11.5 Å². The number of para-hydroxylation sites is 1. The van der Waals surface area contributed by atoms with E-state index in [9.17, 15) is 15.3 Å².